The van der Waals surface area contributed by atoms with Gasteiger partial charge in [-0.15, -0.1) is 0 Å². The number of hydrogen-bond donors (Lipinski definition) is 0. The first-order valence-electron chi connectivity index (χ1n) is 31.0. The average Bonchev–Trinajstić information content (AvgIpc) is 3.41. The number of ether oxygens (including phenoxy) is 7. The second-order valence-corrected chi connectivity index (χ2v) is 23.3. The molecule has 0 radical (unpaired) electrons. The third kappa shape index (κ3) is 27.7. The van der Waals surface area contributed by atoms with E-state index in [0.717, 1.165) is 174 Å². The summed E-state index contributed by atoms with van der Waals surface area (Å²) < 4.78 is 42.5. The number of esters is 1. The number of nitrogens with zero attached hydrogens (tertiary/aromatic N) is 3. The van der Waals surface area contributed by atoms with Crippen molar-refractivity contribution in [1.82, 2.24) is 0 Å². The maximum atomic E-state index is 13.1. The van der Waals surface area contributed by atoms with E-state index in [4.69, 9.17) is 38.4 Å². The quantitative estimate of drug-likeness (QED) is 0.0331. The molecule has 3 atom stereocenters. The van der Waals surface area contributed by atoms with Gasteiger partial charge in [0.2, 0.25) is 0 Å². The lowest BCUT2D eigenvalue weighted by Gasteiger charge is -2.34. The molecule has 5 fully saturated rings. The molecule has 12 nitrogen and oxygen atoms in total. The normalized spacial score (nSPS) is 29.0. The minimum atomic E-state index is -0.256. The SMILES string of the molecule is COCCCCCCCCCCOC1CCC(OC2CCC(OCCCCCCCCCCOC(=O)C3CC(OCCCCCCOC4CCC(N=NC5CCC(C#N)CC5)CC4)CC(C(C)=O)C3)CC2)CC1. The summed E-state index contributed by atoms with van der Waals surface area (Å²) in [4.78, 5) is 25.5. The number of carbonyl (C=O) groups is 2. The van der Waals surface area contributed by atoms with Gasteiger partial charge in [0.25, 0.3) is 0 Å². The van der Waals surface area contributed by atoms with Crippen molar-refractivity contribution >= 4 is 11.8 Å². The summed E-state index contributed by atoms with van der Waals surface area (Å²) >= 11 is 0. The molecule has 73 heavy (non-hydrogen) atoms. The van der Waals surface area contributed by atoms with Crippen molar-refractivity contribution in [2.24, 2.45) is 28.0 Å². The molecule has 5 aliphatic carbocycles. The number of rotatable bonds is 39. The van der Waals surface area contributed by atoms with Crippen LogP contribution in [-0.4, -0.2) is 107 Å². The Hall–Kier alpha value is -2.01. The van der Waals surface area contributed by atoms with Gasteiger partial charge in [0.15, 0.2) is 0 Å². The van der Waals surface area contributed by atoms with Crippen LogP contribution in [0.4, 0.5) is 0 Å². The highest BCUT2D eigenvalue weighted by atomic mass is 16.5. The molecule has 0 amide bonds. The lowest BCUT2D eigenvalue weighted by Crippen LogP contribution is -2.36. The summed E-state index contributed by atoms with van der Waals surface area (Å²) in [6.45, 7) is 6.29. The summed E-state index contributed by atoms with van der Waals surface area (Å²) in [5, 5.41) is 18.4. The maximum absolute atomic E-state index is 13.1. The lowest BCUT2D eigenvalue weighted by molar-refractivity contribution is -0.153. The molecule has 12 heteroatoms. The number of carbonyl (C=O) groups excluding carboxylic acids is 2. The molecule has 0 saturated heterocycles. The predicted octanol–water partition coefficient (Wildman–Crippen LogP) is 14.9. The highest BCUT2D eigenvalue weighted by Crippen LogP contribution is 2.34. The van der Waals surface area contributed by atoms with Crippen LogP contribution in [0.25, 0.3) is 0 Å². The summed E-state index contributed by atoms with van der Waals surface area (Å²) in [5.74, 6) is -0.172. The Morgan fingerprint density at radius 1 is 0.411 bits per heavy atom. The van der Waals surface area contributed by atoms with E-state index in [0.29, 0.717) is 75.1 Å². The van der Waals surface area contributed by atoms with Gasteiger partial charge in [-0.1, -0.05) is 89.9 Å². The Balaban J connectivity index is 0.760. The van der Waals surface area contributed by atoms with E-state index in [-0.39, 0.29) is 35.6 Å². The highest BCUT2D eigenvalue weighted by Gasteiger charge is 2.36. The fraction of sp³-hybridized carbons (Fsp3) is 0.951. The average molecular weight is 1030 g/mol. The first-order chi connectivity index (χ1) is 35.9. The first kappa shape index (κ1) is 61.8. The number of Topliss-reactive ketones (excluding diaryl/α,β-unsaturated/α-hetero) is 1. The number of unbranched alkanes of at least 4 members (excludes halogenated alkanes) is 17. The Morgan fingerprint density at radius 3 is 1.16 bits per heavy atom. The van der Waals surface area contributed by atoms with Gasteiger partial charge >= 0.3 is 5.97 Å². The number of methoxy groups -OCH3 is 1. The minimum Gasteiger partial charge on any atom is -0.465 e. The molecule has 0 heterocycles. The second-order valence-electron chi connectivity index (χ2n) is 23.3. The number of hydrogen-bond acceptors (Lipinski definition) is 12. The summed E-state index contributed by atoms with van der Waals surface area (Å²) in [6, 6.07) is 3.04. The highest BCUT2D eigenvalue weighted by molar-refractivity contribution is 5.80. The van der Waals surface area contributed by atoms with Gasteiger partial charge in [0.1, 0.15) is 5.78 Å². The van der Waals surface area contributed by atoms with Crippen molar-refractivity contribution in [3.05, 3.63) is 0 Å². The largest absolute Gasteiger partial charge is 0.465 e. The number of nitriles is 1. The third-order valence-corrected chi connectivity index (χ3v) is 17.1. The zero-order valence-electron chi connectivity index (χ0n) is 46.7. The molecule has 5 saturated carbocycles. The standard InChI is InChI=1S/C61H107N3O9/c1-49(65)51-45-52(47-60(46-51)71-43-21-16-15-20-42-68-55-29-27-54(28-30-55)64-63-53-25-23-50(48-62)24-26-53)61(66)72-44-22-14-10-6-5-9-13-19-41-70-57-33-37-59(38-34-57)73-58-35-31-56(32-36-58)69-40-18-12-8-4-3-7-11-17-39-67-2/h50-60H,3-47H2,1-2H3. The fourth-order valence-corrected chi connectivity index (χ4v) is 12.2. The van der Waals surface area contributed by atoms with Gasteiger partial charge < -0.3 is 33.2 Å². The summed E-state index contributed by atoms with van der Waals surface area (Å²) in [5.41, 5.74) is 0. The molecule has 0 aromatic carbocycles. The van der Waals surface area contributed by atoms with Gasteiger partial charge in [-0.25, -0.2) is 0 Å². The molecule has 0 aromatic heterocycles. The molecule has 0 bridgehead atoms. The minimum absolute atomic E-state index is 0.0630. The van der Waals surface area contributed by atoms with Crippen LogP contribution in [0, 0.1) is 29.1 Å². The monoisotopic (exact) mass is 1030 g/mol. The van der Waals surface area contributed by atoms with Crippen LogP contribution in [0.3, 0.4) is 0 Å². The van der Waals surface area contributed by atoms with Crippen LogP contribution < -0.4 is 0 Å². The van der Waals surface area contributed by atoms with Gasteiger partial charge in [-0.3, -0.25) is 9.59 Å². The van der Waals surface area contributed by atoms with E-state index < -0.39 is 0 Å². The van der Waals surface area contributed by atoms with Gasteiger partial charge in [0.05, 0.1) is 67.3 Å². The van der Waals surface area contributed by atoms with E-state index in [1.807, 2.05) is 0 Å². The van der Waals surface area contributed by atoms with Crippen molar-refractivity contribution in [3.63, 3.8) is 0 Å². The van der Waals surface area contributed by atoms with E-state index in [9.17, 15) is 9.59 Å². The van der Waals surface area contributed by atoms with Gasteiger partial charge in [-0.2, -0.15) is 15.5 Å². The number of azo groups is 1. The van der Waals surface area contributed by atoms with Crippen LogP contribution in [0.15, 0.2) is 10.2 Å². The molecular formula is C61H107N3O9. The molecule has 0 spiro atoms. The van der Waals surface area contributed by atoms with E-state index >= 15 is 0 Å². The summed E-state index contributed by atoms with van der Waals surface area (Å²) in [6.07, 6.45) is 45.0. The topological polar surface area (TPSA) is 147 Å². The summed E-state index contributed by atoms with van der Waals surface area (Å²) in [7, 11) is 1.79. The van der Waals surface area contributed by atoms with Crippen LogP contribution in [0.1, 0.15) is 257 Å². The smallest absolute Gasteiger partial charge is 0.309 e. The zero-order valence-corrected chi connectivity index (χ0v) is 46.7. The molecule has 5 rings (SSSR count). The van der Waals surface area contributed by atoms with Crippen LogP contribution in [-0.2, 0) is 42.7 Å². The fourth-order valence-electron chi connectivity index (χ4n) is 12.2. The molecule has 420 valence electrons. The maximum Gasteiger partial charge on any atom is 0.309 e. The van der Waals surface area contributed by atoms with E-state index in [1.54, 1.807) is 14.0 Å². The Morgan fingerprint density at radius 2 is 0.753 bits per heavy atom. The van der Waals surface area contributed by atoms with Crippen molar-refractivity contribution in [2.75, 3.05) is 46.8 Å². The molecule has 0 N–H and O–H groups in total. The van der Waals surface area contributed by atoms with E-state index in [1.165, 1.54) is 83.5 Å². The second kappa shape index (κ2) is 39.4. The van der Waals surface area contributed by atoms with Gasteiger partial charge in [-0.05, 0) is 167 Å². The Bertz CT molecular complexity index is 1460. The molecule has 0 aromatic rings. The van der Waals surface area contributed by atoms with Crippen molar-refractivity contribution in [3.8, 4) is 6.07 Å². The predicted molar refractivity (Wildman–Crippen MR) is 290 cm³/mol. The van der Waals surface area contributed by atoms with E-state index in [2.05, 4.69) is 16.3 Å². The van der Waals surface area contributed by atoms with Crippen molar-refractivity contribution in [1.29, 1.82) is 5.26 Å². The molecule has 0 aliphatic heterocycles. The lowest BCUT2D eigenvalue weighted by atomic mass is 9.78. The molecular weight excluding hydrogens is 919 g/mol. The van der Waals surface area contributed by atoms with Crippen molar-refractivity contribution < 1.29 is 42.7 Å². The Labute approximate surface area is 445 Å². The number of ketones is 1. The Kier molecular flexibility index (Phi) is 33.3. The molecule has 5 aliphatic rings. The van der Waals surface area contributed by atoms with Crippen LogP contribution >= 0.6 is 0 Å². The first-order valence-corrected chi connectivity index (χ1v) is 31.0. The van der Waals surface area contributed by atoms with Crippen LogP contribution in [0.5, 0.6) is 0 Å². The van der Waals surface area contributed by atoms with Crippen LogP contribution in [0.2, 0.25) is 0 Å². The van der Waals surface area contributed by atoms with Crippen molar-refractivity contribution in [2.45, 2.75) is 306 Å². The zero-order chi connectivity index (χ0) is 51.4. The molecule has 3 unspecified atom stereocenters. The van der Waals surface area contributed by atoms with Gasteiger partial charge in [0, 0.05) is 52.0 Å². The third-order valence-electron chi connectivity index (χ3n) is 17.1.